The molecule has 1 fully saturated rings. The van der Waals surface area contributed by atoms with Crippen molar-refractivity contribution in [1.82, 2.24) is 4.90 Å². The monoisotopic (exact) mass is 327 g/mol. The summed E-state index contributed by atoms with van der Waals surface area (Å²) in [6, 6.07) is 4.73. The number of nitrogens with zero attached hydrogens (tertiary/aromatic N) is 1. The van der Waals surface area contributed by atoms with Gasteiger partial charge in [0.15, 0.2) is 0 Å². The lowest BCUT2D eigenvalue weighted by Crippen LogP contribution is -2.40. The lowest BCUT2D eigenvalue weighted by Gasteiger charge is -2.32. The second-order valence-electron chi connectivity index (χ2n) is 4.80. The fourth-order valence-electron chi connectivity index (χ4n) is 2.36. The van der Waals surface area contributed by atoms with Crippen LogP contribution in [0.25, 0.3) is 0 Å². The number of hydrogen-bond donors (Lipinski definition) is 1. The molecule has 5 heteroatoms. The Hall–Kier alpha value is -1.23. The average molecular weight is 328 g/mol. The van der Waals surface area contributed by atoms with Crippen molar-refractivity contribution in [2.45, 2.75) is 12.8 Å². The predicted octanol–water partition coefficient (Wildman–Crippen LogP) is 2.65. The summed E-state index contributed by atoms with van der Waals surface area (Å²) < 4.78 is 5.10. The maximum atomic E-state index is 12.4. The van der Waals surface area contributed by atoms with Gasteiger partial charge >= 0.3 is 0 Å². The number of amides is 1. The van der Waals surface area contributed by atoms with Crippen molar-refractivity contribution in [2.75, 3.05) is 25.5 Å². The van der Waals surface area contributed by atoms with Gasteiger partial charge in [0, 0.05) is 18.4 Å². The van der Waals surface area contributed by atoms with E-state index in [1.165, 1.54) is 6.07 Å². The van der Waals surface area contributed by atoms with Gasteiger partial charge in [-0.05, 0) is 37.0 Å². The fraction of sp³-hybridized carbons (Fsp3) is 0.500. The van der Waals surface area contributed by atoms with Crippen molar-refractivity contribution in [3.8, 4) is 11.5 Å². The number of aromatic hydroxyl groups is 1. The first-order chi connectivity index (χ1) is 9.15. The van der Waals surface area contributed by atoms with E-state index in [9.17, 15) is 9.90 Å². The molecule has 1 heterocycles. The highest BCUT2D eigenvalue weighted by atomic mass is 79.9. The van der Waals surface area contributed by atoms with E-state index in [0.717, 1.165) is 31.3 Å². The zero-order valence-corrected chi connectivity index (χ0v) is 12.5. The number of methoxy groups -OCH3 is 1. The summed E-state index contributed by atoms with van der Waals surface area (Å²) in [6.07, 6.45) is 2.14. The number of rotatable bonds is 3. The molecule has 0 aromatic heterocycles. The maximum absolute atomic E-state index is 12.4. The van der Waals surface area contributed by atoms with E-state index in [4.69, 9.17) is 4.74 Å². The molecule has 0 radical (unpaired) electrons. The molecule has 4 nitrogen and oxygen atoms in total. The molecule has 19 heavy (non-hydrogen) atoms. The van der Waals surface area contributed by atoms with E-state index in [1.807, 2.05) is 4.90 Å². The summed E-state index contributed by atoms with van der Waals surface area (Å²) in [7, 11) is 1.54. The fourth-order valence-corrected chi connectivity index (χ4v) is 2.89. The van der Waals surface area contributed by atoms with E-state index in [1.54, 1.807) is 19.2 Å². The number of hydrogen-bond acceptors (Lipinski definition) is 3. The molecule has 104 valence electrons. The first-order valence-electron chi connectivity index (χ1n) is 6.38. The van der Waals surface area contributed by atoms with Crippen LogP contribution in [0.15, 0.2) is 18.2 Å². The molecule has 0 bridgehead atoms. The molecule has 0 saturated carbocycles. The number of ether oxygens (including phenoxy) is 1. The first kappa shape index (κ1) is 14.2. The highest BCUT2D eigenvalue weighted by Gasteiger charge is 2.25. The Morgan fingerprint density at radius 2 is 2.37 bits per heavy atom. The number of phenols is 1. The van der Waals surface area contributed by atoms with Crippen LogP contribution in [0.3, 0.4) is 0 Å². The first-order valence-corrected chi connectivity index (χ1v) is 7.50. The molecule has 1 atom stereocenters. The number of piperidine rings is 1. The lowest BCUT2D eigenvalue weighted by molar-refractivity contribution is 0.0682. The SMILES string of the molecule is COc1ccc(O)c(C(=O)N2CCCC(CBr)C2)c1. The van der Waals surface area contributed by atoms with Crippen molar-refractivity contribution < 1.29 is 14.6 Å². The summed E-state index contributed by atoms with van der Waals surface area (Å²) in [4.78, 5) is 14.3. The average Bonchev–Trinajstić information content (AvgIpc) is 2.47. The van der Waals surface area contributed by atoms with Crippen molar-refractivity contribution >= 4 is 21.8 Å². The lowest BCUT2D eigenvalue weighted by atomic mass is 9.99. The molecule has 1 aromatic rings. The molecule has 1 saturated heterocycles. The van der Waals surface area contributed by atoms with Crippen LogP contribution in [-0.2, 0) is 0 Å². The van der Waals surface area contributed by atoms with Gasteiger partial charge in [0.2, 0.25) is 0 Å². The van der Waals surface area contributed by atoms with Crippen molar-refractivity contribution in [1.29, 1.82) is 0 Å². The largest absolute Gasteiger partial charge is 0.507 e. The molecule has 1 amide bonds. The number of likely N-dealkylation sites (tertiary alicyclic amines) is 1. The Labute approximate surface area is 121 Å². The third kappa shape index (κ3) is 3.21. The molecule has 0 spiro atoms. The van der Waals surface area contributed by atoms with Gasteiger partial charge in [-0.15, -0.1) is 0 Å². The van der Waals surface area contributed by atoms with Gasteiger partial charge in [-0.2, -0.15) is 0 Å². The van der Waals surface area contributed by atoms with Crippen LogP contribution in [0.5, 0.6) is 11.5 Å². The third-order valence-corrected chi connectivity index (χ3v) is 4.37. The number of halogens is 1. The van der Waals surface area contributed by atoms with Crippen LogP contribution >= 0.6 is 15.9 Å². The van der Waals surface area contributed by atoms with Gasteiger partial charge in [-0.1, -0.05) is 15.9 Å². The number of alkyl halides is 1. The summed E-state index contributed by atoms with van der Waals surface area (Å²) in [5.74, 6) is 0.953. The summed E-state index contributed by atoms with van der Waals surface area (Å²) in [6.45, 7) is 1.49. The molecule has 0 aliphatic carbocycles. The van der Waals surface area contributed by atoms with E-state index >= 15 is 0 Å². The van der Waals surface area contributed by atoms with Gasteiger partial charge in [0.25, 0.3) is 5.91 Å². The van der Waals surface area contributed by atoms with Crippen LogP contribution < -0.4 is 4.74 Å². The van der Waals surface area contributed by atoms with Crippen molar-refractivity contribution in [2.24, 2.45) is 5.92 Å². The Bertz CT molecular complexity index is 464. The minimum Gasteiger partial charge on any atom is -0.507 e. The van der Waals surface area contributed by atoms with Gasteiger partial charge < -0.3 is 14.7 Å². The second kappa shape index (κ2) is 6.28. The van der Waals surface area contributed by atoms with Gasteiger partial charge in [-0.3, -0.25) is 4.79 Å². The van der Waals surface area contributed by atoms with E-state index in [0.29, 0.717) is 17.2 Å². The highest BCUT2D eigenvalue weighted by molar-refractivity contribution is 9.09. The zero-order chi connectivity index (χ0) is 13.8. The van der Waals surface area contributed by atoms with Crippen molar-refractivity contribution in [3.05, 3.63) is 23.8 Å². The number of benzene rings is 1. The topological polar surface area (TPSA) is 49.8 Å². The summed E-state index contributed by atoms with van der Waals surface area (Å²) in [5, 5.41) is 10.7. The molecule has 1 N–H and O–H groups in total. The van der Waals surface area contributed by atoms with E-state index < -0.39 is 0 Å². The molecule has 2 rings (SSSR count). The van der Waals surface area contributed by atoms with Crippen LogP contribution in [0.4, 0.5) is 0 Å². The maximum Gasteiger partial charge on any atom is 0.257 e. The minimum absolute atomic E-state index is 0.00626. The third-order valence-electron chi connectivity index (χ3n) is 3.46. The van der Waals surface area contributed by atoms with Crippen LogP contribution in [0.1, 0.15) is 23.2 Å². The Kier molecular flexibility index (Phi) is 4.69. The second-order valence-corrected chi connectivity index (χ2v) is 5.44. The normalized spacial score (nSPS) is 19.3. The number of carbonyl (C=O) groups is 1. The Morgan fingerprint density at radius 3 is 3.05 bits per heavy atom. The molecule has 1 aromatic carbocycles. The zero-order valence-electron chi connectivity index (χ0n) is 10.9. The van der Waals surface area contributed by atoms with E-state index in [-0.39, 0.29) is 11.7 Å². The predicted molar refractivity (Wildman–Crippen MR) is 77.1 cm³/mol. The molecular weight excluding hydrogens is 310 g/mol. The molecule has 1 aliphatic rings. The summed E-state index contributed by atoms with van der Waals surface area (Å²) >= 11 is 3.47. The quantitative estimate of drug-likeness (QED) is 0.868. The van der Waals surface area contributed by atoms with Gasteiger partial charge in [0.1, 0.15) is 11.5 Å². The minimum atomic E-state index is -0.123. The number of phenolic OH excluding ortho intramolecular Hbond substituents is 1. The number of carbonyl (C=O) groups excluding carboxylic acids is 1. The Morgan fingerprint density at radius 1 is 1.58 bits per heavy atom. The van der Waals surface area contributed by atoms with E-state index in [2.05, 4.69) is 15.9 Å². The highest BCUT2D eigenvalue weighted by Crippen LogP contribution is 2.26. The summed E-state index contributed by atoms with van der Waals surface area (Å²) in [5.41, 5.74) is 0.314. The Balaban J connectivity index is 2.18. The van der Waals surface area contributed by atoms with Gasteiger partial charge in [0.05, 0.1) is 12.7 Å². The standard InChI is InChI=1S/C14H18BrNO3/c1-19-11-4-5-13(17)12(7-11)14(18)16-6-2-3-10(8-15)9-16/h4-5,7,10,17H,2-3,6,8-9H2,1H3. The van der Waals surface area contributed by atoms with Crippen molar-refractivity contribution in [3.63, 3.8) is 0 Å². The molecule has 1 unspecified atom stereocenters. The molecule has 1 aliphatic heterocycles. The van der Waals surface area contributed by atoms with Gasteiger partial charge in [-0.25, -0.2) is 0 Å². The smallest absolute Gasteiger partial charge is 0.257 e. The van der Waals surface area contributed by atoms with Crippen LogP contribution in [0, 0.1) is 5.92 Å². The van der Waals surface area contributed by atoms with Crippen LogP contribution in [-0.4, -0.2) is 41.4 Å². The molecular formula is C14H18BrNO3. The van der Waals surface area contributed by atoms with Crippen LogP contribution in [0.2, 0.25) is 0 Å².